The topological polar surface area (TPSA) is 76.7 Å². The molecule has 0 bridgehead atoms. The summed E-state index contributed by atoms with van der Waals surface area (Å²) in [4.78, 5) is 24.6. The van der Waals surface area contributed by atoms with Crippen LogP contribution in [0.25, 0.3) is 0 Å². The van der Waals surface area contributed by atoms with Crippen LogP contribution in [0.15, 0.2) is 66.7 Å². The fourth-order valence-corrected chi connectivity index (χ4v) is 2.97. The van der Waals surface area contributed by atoms with Crippen molar-refractivity contribution in [2.75, 3.05) is 24.4 Å². The molecule has 0 saturated carbocycles. The number of aryl methyl sites for hydroxylation is 1. The minimum atomic E-state index is -0.293. The highest BCUT2D eigenvalue weighted by Crippen LogP contribution is 2.24. The van der Waals surface area contributed by atoms with Crippen LogP contribution in [0.3, 0.4) is 0 Å². The number of anilines is 2. The van der Waals surface area contributed by atoms with Crippen LogP contribution in [0.2, 0.25) is 5.02 Å². The van der Waals surface area contributed by atoms with Crippen molar-refractivity contribution in [3.8, 4) is 11.5 Å². The Morgan fingerprint density at radius 1 is 0.933 bits per heavy atom. The summed E-state index contributed by atoms with van der Waals surface area (Å²) in [7, 11) is 1.54. The maximum atomic E-state index is 12.4. The molecule has 0 unspecified atom stereocenters. The van der Waals surface area contributed by atoms with Gasteiger partial charge < -0.3 is 20.1 Å². The smallest absolute Gasteiger partial charge is 0.262 e. The number of hydrogen-bond acceptors (Lipinski definition) is 4. The molecule has 0 aromatic heterocycles. The first-order valence-electron chi connectivity index (χ1n) is 9.19. The van der Waals surface area contributed by atoms with E-state index in [-0.39, 0.29) is 18.4 Å². The van der Waals surface area contributed by atoms with Crippen molar-refractivity contribution in [1.29, 1.82) is 0 Å². The monoisotopic (exact) mass is 424 g/mol. The van der Waals surface area contributed by atoms with E-state index < -0.39 is 0 Å². The molecule has 0 atom stereocenters. The standard InChI is InChI=1S/C23H21ClN2O4/c1-15-13-17(24)9-12-19(15)25-22(27)14-30-18-10-7-16(8-11-18)23(28)26-20-5-3-4-6-21(20)29-2/h3-13H,14H2,1-2H3,(H,25,27)(H,26,28). The third-order valence-corrected chi connectivity index (χ3v) is 4.54. The minimum Gasteiger partial charge on any atom is -0.495 e. The molecule has 0 aliphatic heterocycles. The summed E-state index contributed by atoms with van der Waals surface area (Å²) in [5.74, 6) is 0.486. The van der Waals surface area contributed by atoms with Gasteiger partial charge in [0, 0.05) is 16.3 Å². The number of ether oxygens (including phenoxy) is 2. The van der Waals surface area contributed by atoms with Crippen molar-refractivity contribution in [1.82, 2.24) is 0 Å². The number of amides is 2. The van der Waals surface area contributed by atoms with Gasteiger partial charge >= 0.3 is 0 Å². The molecule has 0 spiro atoms. The number of rotatable bonds is 7. The highest BCUT2D eigenvalue weighted by atomic mass is 35.5. The van der Waals surface area contributed by atoms with Gasteiger partial charge in [0.25, 0.3) is 11.8 Å². The van der Waals surface area contributed by atoms with Gasteiger partial charge in [-0.1, -0.05) is 23.7 Å². The third kappa shape index (κ3) is 5.52. The molecule has 2 amide bonds. The second-order valence-electron chi connectivity index (χ2n) is 6.47. The van der Waals surface area contributed by atoms with Crippen LogP contribution in [0, 0.1) is 6.92 Å². The molecule has 0 aliphatic rings. The average Bonchev–Trinajstić information content (AvgIpc) is 2.75. The Morgan fingerprint density at radius 3 is 2.37 bits per heavy atom. The SMILES string of the molecule is COc1ccccc1NC(=O)c1ccc(OCC(=O)Nc2ccc(Cl)cc2C)cc1. The van der Waals surface area contributed by atoms with Gasteiger partial charge in [-0.05, 0) is 67.1 Å². The zero-order valence-corrected chi connectivity index (χ0v) is 17.3. The predicted molar refractivity (Wildman–Crippen MR) is 118 cm³/mol. The van der Waals surface area contributed by atoms with Crippen molar-refractivity contribution in [2.24, 2.45) is 0 Å². The average molecular weight is 425 g/mol. The van der Waals surface area contributed by atoms with Crippen LogP contribution >= 0.6 is 11.6 Å². The Labute approximate surface area is 179 Å². The zero-order chi connectivity index (χ0) is 21.5. The molecule has 6 nitrogen and oxygen atoms in total. The van der Waals surface area contributed by atoms with Crippen LogP contribution in [0.4, 0.5) is 11.4 Å². The molecule has 0 aliphatic carbocycles. The van der Waals surface area contributed by atoms with Crippen molar-refractivity contribution in [3.63, 3.8) is 0 Å². The fraction of sp³-hybridized carbons (Fsp3) is 0.130. The van der Waals surface area contributed by atoms with Gasteiger partial charge in [-0.15, -0.1) is 0 Å². The Balaban J connectivity index is 1.55. The van der Waals surface area contributed by atoms with E-state index in [0.717, 1.165) is 5.56 Å². The number of halogens is 1. The summed E-state index contributed by atoms with van der Waals surface area (Å²) in [5.41, 5.74) is 2.58. The van der Waals surface area contributed by atoms with E-state index in [2.05, 4.69) is 10.6 Å². The molecule has 0 radical (unpaired) electrons. The molecule has 154 valence electrons. The molecular weight excluding hydrogens is 404 g/mol. The maximum absolute atomic E-state index is 12.4. The highest BCUT2D eigenvalue weighted by molar-refractivity contribution is 6.30. The first kappa shape index (κ1) is 21.2. The Hall–Kier alpha value is -3.51. The van der Waals surface area contributed by atoms with Crippen LogP contribution in [-0.4, -0.2) is 25.5 Å². The molecule has 30 heavy (non-hydrogen) atoms. The summed E-state index contributed by atoms with van der Waals surface area (Å²) in [6.07, 6.45) is 0. The molecule has 0 heterocycles. The van der Waals surface area contributed by atoms with Gasteiger partial charge in [0.15, 0.2) is 6.61 Å². The number of methoxy groups -OCH3 is 1. The van der Waals surface area contributed by atoms with Crippen LogP contribution < -0.4 is 20.1 Å². The molecule has 3 aromatic rings. The molecule has 3 aromatic carbocycles. The lowest BCUT2D eigenvalue weighted by Gasteiger charge is -2.11. The largest absolute Gasteiger partial charge is 0.495 e. The molecule has 3 rings (SSSR count). The van der Waals surface area contributed by atoms with Crippen LogP contribution in [0.5, 0.6) is 11.5 Å². The Morgan fingerprint density at radius 2 is 1.67 bits per heavy atom. The van der Waals surface area contributed by atoms with E-state index in [1.165, 1.54) is 0 Å². The lowest BCUT2D eigenvalue weighted by molar-refractivity contribution is -0.118. The first-order valence-corrected chi connectivity index (χ1v) is 9.57. The van der Waals surface area contributed by atoms with E-state index in [1.54, 1.807) is 61.7 Å². The van der Waals surface area contributed by atoms with Gasteiger partial charge in [-0.2, -0.15) is 0 Å². The Bertz CT molecular complexity index is 1050. The number of hydrogen-bond donors (Lipinski definition) is 2. The predicted octanol–water partition coefficient (Wildman–Crippen LogP) is 4.93. The van der Waals surface area contributed by atoms with Gasteiger partial charge in [0.1, 0.15) is 11.5 Å². The summed E-state index contributed by atoms with van der Waals surface area (Å²) < 4.78 is 10.7. The van der Waals surface area contributed by atoms with Crippen LogP contribution in [-0.2, 0) is 4.79 Å². The first-order chi connectivity index (χ1) is 14.5. The second kappa shape index (κ2) is 9.80. The molecule has 0 saturated heterocycles. The van der Waals surface area contributed by atoms with E-state index in [4.69, 9.17) is 21.1 Å². The minimum absolute atomic E-state index is 0.158. The van der Waals surface area contributed by atoms with Gasteiger partial charge in [0.05, 0.1) is 12.8 Å². The van der Waals surface area contributed by atoms with Gasteiger partial charge in [-0.3, -0.25) is 9.59 Å². The Kier molecular flexibility index (Phi) is 6.93. The summed E-state index contributed by atoms with van der Waals surface area (Å²) in [6, 6.07) is 18.9. The number of nitrogens with one attached hydrogen (secondary N) is 2. The molecule has 2 N–H and O–H groups in total. The van der Waals surface area contributed by atoms with Crippen molar-refractivity contribution < 1.29 is 19.1 Å². The number of carbonyl (C=O) groups is 2. The summed E-state index contributed by atoms with van der Waals surface area (Å²) in [5, 5.41) is 6.19. The number of benzene rings is 3. The van der Waals surface area contributed by atoms with Crippen molar-refractivity contribution in [2.45, 2.75) is 6.92 Å². The van der Waals surface area contributed by atoms with Crippen molar-refractivity contribution in [3.05, 3.63) is 82.9 Å². The van der Waals surface area contributed by atoms with E-state index in [1.807, 2.05) is 19.1 Å². The van der Waals surface area contributed by atoms with Gasteiger partial charge in [0.2, 0.25) is 0 Å². The summed E-state index contributed by atoms with van der Waals surface area (Å²) >= 11 is 5.92. The van der Waals surface area contributed by atoms with Crippen molar-refractivity contribution >= 4 is 34.8 Å². The lowest BCUT2D eigenvalue weighted by atomic mass is 10.2. The summed E-state index contributed by atoms with van der Waals surface area (Å²) in [6.45, 7) is 1.70. The van der Waals surface area contributed by atoms with Crippen LogP contribution in [0.1, 0.15) is 15.9 Å². The molecule has 7 heteroatoms. The molecule has 0 fully saturated rings. The van der Waals surface area contributed by atoms with Gasteiger partial charge in [-0.25, -0.2) is 0 Å². The lowest BCUT2D eigenvalue weighted by Crippen LogP contribution is -2.20. The normalized spacial score (nSPS) is 10.2. The van der Waals surface area contributed by atoms with E-state index >= 15 is 0 Å². The molecular formula is C23H21ClN2O4. The van der Waals surface area contributed by atoms with E-state index in [9.17, 15) is 9.59 Å². The maximum Gasteiger partial charge on any atom is 0.262 e. The number of para-hydroxylation sites is 2. The fourth-order valence-electron chi connectivity index (χ4n) is 2.75. The zero-order valence-electron chi connectivity index (χ0n) is 16.6. The van der Waals surface area contributed by atoms with E-state index in [0.29, 0.717) is 33.5 Å². The quantitative estimate of drug-likeness (QED) is 0.564. The number of carbonyl (C=O) groups excluding carboxylic acids is 2. The third-order valence-electron chi connectivity index (χ3n) is 4.30. The second-order valence-corrected chi connectivity index (χ2v) is 6.91. The highest BCUT2D eigenvalue weighted by Gasteiger charge is 2.10.